The van der Waals surface area contributed by atoms with Crippen LogP contribution in [0.5, 0.6) is 11.5 Å². The maximum absolute atomic E-state index is 6.49. The summed E-state index contributed by atoms with van der Waals surface area (Å²) in [5.41, 5.74) is 8.70. The summed E-state index contributed by atoms with van der Waals surface area (Å²) >= 11 is 0. The van der Waals surface area contributed by atoms with E-state index in [9.17, 15) is 0 Å². The van der Waals surface area contributed by atoms with E-state index in [4.69, 9.17) is 19.9 Å². The first-order valence-corrected chi connectivity index (χ1v) is 8.46. The molecule has 1 saturated heterocycles. The number of rotatable bonds is 6. The Morgan fingerprint density at radius 1 is 1.08 bits per heavy atom. The van der Waals surface area contributed by atoms with E-state index in [1.54, 1.807) is 7.11 Å². The van der Waals surface area contributed by atoms with E-state index in [-0.39, 0.29) is 6.04 Å². The Hall–Kier alpha value is -2.04. The maximum Gasteiger partial charge on any atom is 0.161 e. The molecule has 24 heavy (non-hydrogen) atoms. The smallest absolute Gasteiger partial charge is 0.161 e. The van der Waals surface area contributed by atoms with Gasteiger partial charge >= 0.3 is 0 Å². The Morgan fingerprint density at radius 3 is 2.54 bits per heavy atom. The minimum Gasteiger partial charge on any atom is -0.493 e. The standard InChI is InChI=1S/C20H25NO3/c1-22-18-8-7-17(20(21)16-9-11-23-12-10-16)13-19(18)24-14-15-5-3-2-4-6-15/h2-8,13,16,20H,9-12,14,21H2,1H3/t20-/m1/s1. The van der Waals surface area contributed by atoms with Crippen LogP contribution < -0.4 is 15.2 Å². The average molecular weight is 327 g/mol. The largest absolute Gasteiger partial charge is 0.493 e. The lowest BCUT2D eigenvalue weighted by Gasteiger charge is -2.28. The quantitative estimate of drug-likeness (QED) is 0.879. The minimum atomic E-state index is -0.00104. The second kappa shape index (κ2) is 8.18. The molecule has 0 aliphatic carbocycles. The third-order valence-corrected chi connectivity index (χ3v) is 4.58. The fraction of sp³-hybridized carbons (Fsp3) is 0.400. The fourth-order valence-electron chi connectivity index (χ4n) is 3.10. The third kappa shape index (κ3) is 4.08. The molecule has 0 bridgehead atoms. The van der Waals surface area contributed by atoms with Gasteiger partial charge in [-0.25, -0.2) is 0 Å². The first-order chi connectivity index (χ1) is 11.8. The summed E-state index contributed by atoms with van der Waals surface area (Å²) in [6.07, 6.45) is 2.01. The van der Waals surface area contributed by atoms with Gasteiger partial charge in [0.1, 0.15) is 6.61 Å². The van der Waals surface area contributed by atoms with Gasteiger partial charge in [-0.2, -0.15) is 0 Å². The molecule has 0 amide bonds. The molecule has 1 atom stereocenters. The molecule has 0 radical (unpaired) electrons. The van der Waals surface area contributed by atoms with Gasteiger partial charge in [-0.1, -0.05) is 36.4 Å². The van der Waals surface area contributed by atoms with Crippen molar-refractivity contribution in [1.29, 1.82) is 0 Å². The Balaban J connectivity index is 1.74. The van der Waals surface area contributed by atoms with Crippen molar-refractivity contribution < 1.29 is 14.2 Å². The maximum atomic E-state index is 6.49. The molecule has 128 valence electrons. The van der Waals surface area contributed by atoms with Crippen LogP contribution in [0.2, 0.25) is 0 Å². The first-order valence-electron chi connectivity index (χ1n) is 8.46. The van der Waals surface area contributed by atoms with Crippen molar-refractivity contribution in [3.05, 3.63) is 59.7 Å². The Bertz CT molecular complexity index is 639. The predicted molar refractivity (Wildman–Crippen MR) is 94.2 cm³/mol. The van der Waals surface area contributed by atoms with Crippen molar-refractivity contribution in [3.63, 3.8) is 0 Å². The van der Waals surface area contributed by atoms with E-state index in [0.717, 1.165) is 48.7 Å². The topological polar surface area (TPSA) is 53.7 Å². The van der Waals surface area contributed by atoms with E-state index >= 15 is 0 Å². The van der Waals surface area contributed by atoms with Gasteiger partial charge in [0.2, 0.25) is 0 Å². The van der Waals surface area contributed by atoms with Gasteiger partial charge in [-0.3, -0.25) is 0 Å². The lowest BCUT2D eigenvalue weighted by atomic mass is 9.87. The van der Waals surface area contributed by atoms with Gasteiger partial charge in [-0.15, -0.1) is 0 Å². The predicted octanol–water partition coefficient (Wildman–Crippen LogP) is 3.70. The van der Waals surface area contributed by atoms with Crippen LogP contribution >= 0.6 is 0 Å². The molecule has 4 nitrogen and oxygen atoms in total. The molecule has 0 aromatic heterocycles. The minimum absolute atomic E-state index is 0.00104. The van der Waals surface area contributed by atoms with Crippen molar-refractivity contribution in [2.75, 3.05) is 20.3 Å². The molecule has 1 fully saturated rings. The normalized spacial score (nSPS) is 16.6. The van der Waals surface area contributed by atoms with E-state index < -0.39 is 0 Å². The monoisotopic (exact) mass is 327 g/mol. The van der Waals surface area contributed by atoms with Gasteiger partial charge in [0.15, 0.2) is 11.5 Å². The van der Waals surface area contributed by atoms with Crippen LogP contribution in [0.25, 0.3) is 0 Å². The van der Waals surface area contributed by atoms with Gasteiger partial charge in [-0.05, 0) is 42.0 Å². The van der Waals surface area contributed by atoms with Crippen LogP contribution in [-0.4, -0.2) is 20.3 Å². The number of ether oxygens (including phenoxy) is 3. The number of hydrogen-bond acceptors (Lipinski definition) is 4. The molecule has 2 aromatic rings. The lowest BCUT2D eigenvalue weighted by Crippen LogP contribution is -2.27. The Labute approximate surface area is 143 Å². The number of methoxy groups -OCH3 is 1. The van der Waals surface area contributed by atoms with Crippen molar-refractivity contribution in [1.82, 2.24) is 0 Å². The van der Waals surface area contributed by atoms with Crippen LogP contribution in [0.15, 0.2) is 48.5 Å². The summed E-state index contributed by atoms with van der Waals surface area (Å²) in [5.74, 6) is 1.92. The lowest BCUT2D eigenvalue weighted by molar-refractivity contribution is 0.0583. The zero-order valence-corrected chi connectivity index (χ0v) is 14.1. The van der Waals surface area contributed by atoms with Crippen molar-refractivity contribution in [2.24, 2.45) is 11.7 Å². The van der Waals surface area contributed by atoms with Crippen LogP contribution in [-0.2, 0) is 11.3 Å². The number of benzene rings is 2. The Morgan fingerprint density at radius 2 is 1.83 bits per heavy atom. The molecular weight excluding hydrogens is 302 g/mol. The second-order valence-corrected chi connectivity index (χ2v) is 6.16. The molecule has 0 spiro atoms. The second-order valence-electron chi connectivity index (χ2n) is 6.16. The number of nitrogens with two attached hydrogens (primary N) is 1. The molecule has 1 aliphatic rings. The summed E-state index contributed by atoms with van der Waals surface area (Å²) in [5, 5.41) is 0. The van der Waals surface area contributed by atoms with E-state index in [1.807, 2.05) is 48.5 Å². The van der Waals surface area contributed by atoms with Crippen molar-refractivity contribution in [2.45, 2.75) is 25.5 Å². The van der Waals surface area contributed by atoms with Crippen LogP contribution in [0.4, 0.5) is 0 Å². The fourth-order valence-corrected chi connectivity index (χ4v) is 3.10. The van der Waals surface area contributed by atoms with Gasteiger partial charge in [0.25, 0.3) is 0 Å². The molecule has 4 heteroatoms. The van der Waals surface area contributed by atoms with E-state index in [0.29, 0.717) is 12.5 Å². The Kier molecular flexibility index (Phi) is 5.72. The molecule has 1 heterocycles. The van der Waals surface area contributed by atoms with E-state index in [1.165, 1.54) is 0 Å². The summed E-state index contributed by atoms with van der Waals surface area (Å²) in [6, 6.07) is 16.1. The van der Waals surface area contributed by atoms with E-state index in [2.05, 4.69) is 0 Å². The summed E-state index contributed by atoms with van der Waals surface area (Å²) in [6.45, 7) is 2.10. The third-order valence-electron chi connectivity index (χ3n) is 4.58. The molecular formula is C20H25NO3. The highest BCUT2D eigenvalue weighted by Crippen LogP contribution is 2.34. The van der Waals surface area contributed by atoms with Gasteiger partial charge in [0.05, 0.1) is 7.11 Å². The molecule has 0 unspecified atom stereocenters. The zero-order chi connectivity index (χ0) is 16.8. The van der Waals surface area contributed by atoms with Crippen LogP contribution in [0.1, 0.15) is 30.0 Å². The summed E-state index contributed by atoms with van der Waals surface area (Å²) < 4.78 is 16.8. The molecule has 3 rings (SSSR count). The summed E-state index contributed by atoms with van der Waals surface area (Å²) in [7, 11) is 1.66. The SMILES string of the molecule is COc1ccc([C@H](N)C2CCOCC2)cc1OCc1ccccc1. The van der Waals surface area contributed by atoms with Crippen molar-refractivity contribution >= 4 is 0 Å². The highest BCUT2D eigenvalue weighted by Gasteiger charge is 2.23. The summed E-state index contributed by atoms with van der Waals surface area (Å²) in [4.78, 5) is 0. The number of hydrogen-bond donors (Lipinski definition) is 1. The van der Waals surface area contributed by atoms with Gasteiger partial charge < -0.3 is 19.9 Å². The molecule has 0 saturated carbocycles. The zero-order valence-electron chi connectivity index (χ0n) is 14.1. The molecule has 2 aromatic carbocycles. The molecule has 2 N–H and O–H groups in total. The first kappa shape index (κ1) is 16.8. The van der Waals surface area contributed by atoms with Gasteiger partial charge in [0, 0.05) is 19.3 Å². The van der Waals surface area contributed by atoms with Crippen molar-refractivity contribution in [3.8, 4) is 11.5 Å². The highest BCUT2D eigenvalue weighted by atomic mass is 16.5. The van der Waals surface area contributed by atoms with Crippen LogP contribution in [0.3, 0.4) is 0 Å². The highest BCUT2D eigenvalue weighted by molar-refractivity contribution is 5.44. The molecule has 1 aliphatic heterocycles. The van der Waals surface area contributed by atoms with Crippen LogP contribution in [0, 0.1) is 5.92 Å². The average Bonchev–Trinajstić information content (AvgIpc) is 2.67.